The van der Waals surface area contributed by atoms with Crippen LogP contribution in [-0.2, 0) is 18.4 Å². The first-order chi connectivity index (χ1) is 10.9. The first-order valence-electron chi connectivity index (χ1n) is 7.78. The minimum atomic E-state index is -0.312. The number of fused-ring (bicyclic) bond motifs is 1. The van der Waals surface area contributed by atoms with Gasteiger partial charge in [-0.2, -0.15) is 5.10 Å². The fraction of sp³-hybridized carbons (Fsp3) is 0.412. The van der Waals surface area contributed by atoms with Gasteiger partial charge in [0.25, 0.3) is 5.91 Å². The Kier molecular flexibility index (Phi) is 3.85. The summed E-state index contributed by atoms with van der Waals surface area (Å²) < 4.78 is 0. The first kappa shape index (κ1) is 15.6. The van der Waals surface area contributed by atoms with Crippen molar-refractivity contribution in [1.82, 2.24) is 15.5 Å². The molecule has 0 bridgehead atoms. The normalized spacial score (nSPS) is 14.4. The summed E-state index contributed by atoms with van der Waals surface area (Å²) in [5, 5.41) is 23.1. The van der Waals surface area contributed by atoms with E-state index in [4.69, 9.17) is 0 Å². The van der Waals surface area contributed by atoms with E-state index in [1.54, 1.807) is 6.07 Å². The lowest BCUT2D eigenvalue weighted by Crippen LogP contribution is -2.25. The number of nitrogens with one attached hydrogen (secondary N) is 3. The Hall–Kier alpha value is -2.34. The van der Waals surface area contributed by atoms with Gasteiger partial charge in [-0.3, -0.25) is 9.89 Å². The van der Waals surface area contributed by atoms with Gasteiger partial charge >= 0.3 is 0 Å². The molecule has 2 heterocycles. The van der Waals surface area contributed by atoms with Crippen LogP contribution in [-0.4, -0.2) is 27.8 Å². The molecule has 6 nitrogen and oxygen atoms in total. The van der Waals surface area contributed by atoms with E-state index in [9.17, 15) is 9.90 Å². The molecule has 0 unspecified atom stereocenters. The molecule has 4 N–H and O–H groups in total. The van der Waals surface area contributed by atoms with E-state index in [0.717, 1.165) is 29.8 Å². The Morgan fingerprint density at radius 1 is 1.35 bits per heavy atom. The second-order valence-electron chi connectivity index (χ2n) is 6.89. The van der Waals surface area contributed by atoms with Gasteiger partial charge in [-0.15, -0.1) is 0 Å². The zero-order valence-corrected chi connectivity index (χ0v) is 13.7. The quantitative estimate of drug-likeness (QED) is 0.640. The van der Waals surface area contributed by atoms with Gasteiger partial charge in [0.15, 0.2) is 5.69 Å². The number of aromatic amines is 1. The summed E-state index contributed by atoms with van der Waals surface area (Å²) in [7, 11) is 0. The average molecular weight is 314 g/mol. The minimum Gasteiger partial charge on any atom is -0.506 e. The maximum absolute atomic E-state index is 12.5. The number of H-pyrrole nitrogens is 1. The Morgan fingerprint density at radius 3 is 2.87 bits per heavy atom. The van der Waals surface area contributed by atoms with Crippen molar-refractivity contribution >= 4 is 11.6 Å². The number of phenols is 1. The monoisotopic (exact) mass is 314 g/mol. The summed E-state index contributed by atoms with van der Waals surface area (Å²) >= 11 is 0. The van der Waals surface area contributed by atoms with Crippen LogP contribution in [0.25, 0.3) is 0 Å². The molecule has 3 rings (SSSR count). The largest absolute Gasteiger partial charge is 0.506 e. The van der Waals surface area contributed by atoms with Crippen molar-refractivity contribution in [2.45, 2.75) is 39.2 Å². The van der Waals surface area contributed by atoms with Gasteiger partial charge in [0.05, 0.1) is 5.69 Å². The molecule has 122 valence electrons. The fourth-order valence-electron chi connectivity index (χ4n) is 2.70. The average Bonchev–Trinajstić information content (AvgIpc) is 2.92. The molecule has 6 heteroatoms. The number of anilines is 1. The maximum atomic E-state index is 12.5. The number of hydrogen-bond acceptors (Lipinski definition) is 4. The Balaban J connectivity index is 1.87. The van der Waals surface area contributed by atoms with Gasteiger partial charge in [-0.25, -0.2) is 0 Å². The van der Waals surface area contributed by atoms with Crippen molar-refractivity contribution < 1.29 is 9.90 Å². The number of carbonyl (C=O) groups is 1. The van der Waals surface area contributed by atoms with E-state index >= 15 is 0 Å². The topological polar surface area (TPSA) is 90.0 Å². The van der Waals surface area contributed by atoms with Crippen molar-refractivity contribution in [3.05, 3.63) is 40.7 Å². The summed E-state index contributed by atoms with van der Waals surface area (Å²) in [5.74, 6) is -0.263. The molecule has 0 atom stereocenters. The molecule has 1 aliphatic heterocycles. The zero-order chi connectivity index (χ0) is 16.6. The van der Waals surface area contributed by atoms with Crippen LogP contribution in [0, 0.1) is 0 Å². The molecule has 1 amide bonds. The molecule has 0 saturated heterocycles. The molecule has 23 heavy (non-hydrogen) atoms. The van der Waals surface area contributed by atoms with Crippen molar-refractivity contribution in [1.29, 1.82) is 0 Å². The molecular formula is C17H22N4O2. The summed E-state index contributed by atoms with van der Waals surface area (Å²) in [6.45, 7) is 7.76. The molecule has 1 aromatic carbocycles. The van der Waals surface area contributed by atoms with Crippen LogP contribution in [0.5, 0.6) is 5.75 Å². The molecule has 0 spiro atoms. The van der Waals surface area contributed by atoms with Crippen LogP contribution < -0.4 is 10.6 Å². The Bertz CT molecular complexity index is 744. The predicted octanol–water partition coefficient (Wildman–Crippen LogP) is 2.31. The Labute approximate surface area is 135 Å². The first-order valence-corrected chi connectivity index (χ1v) is 7.78. The van der Waals surface area contributed by atoms with E-state index in [2.05, 4.69) is 41.6 Å². The SMILES string of the molecule is CC(C)(C)c1ccc(O)c(NC(=O)c2n[nH]c3c2CNCC3)c1. The standard InChI is InChI=1S/C17H22N4O2/c1-17(2,3)10-4-5-14(22)13(8-10)19-16(23)15-11-9-18-7-6-12(11)20-21-15/h4-5,8,18,22H,6-7,9H2,1-3H3,(H,19,23)(H,20,21). The summed E-state index contributed by atoms with van der Waals surface area (Å²) in [5.41, 5.74) is 3.66. The molecule has 0 aliphatic carbocycles. The number of rotatable bonds is 2. The van der Waals surface area contributed by atoms with Crippen molar-refractivity contribution in [2.75, 3.05) is 11.9 Å². The summed E-state index contributed by atoms with van der Waals surface area (Å²) in [6, 6.07) is 5.29. The van der Waals surface area contributed by atoms with E-state index in [1.165, 1.54) is 0 Å². The Morgan fingerprint density at radius 2 is 2.13 bits per heavy atom. The van der Waals surface area contributed by atoms with Crippen LogP contribution in [0.15, 0.2) is 18.2 Å². The lowest BCUT2D eigenvalue weighted by Gasteiger charge is -2.20. The second-order valence-corrected chi connectivity index (χ2v) is 6.89. The van der Waals surface area contributed by atoms with E-state index in [0.29, 0.717) is 17.9 Å². The van der Waals surface area contributed by atoms with E-state index in [1.807, 2.05) is 12.1 Å². The van der Waals surface area contributed by atoms with Crippen LogP contribution in [0.2, 0.25) is 0 Å². The molecule has 0 saturated carbocycles. The summed E-state index contributed by atoms with van der Waals surface area (Å²) in [6.07, 6.45) is 0.834. The third-order valence-corrected chi connectivity index (χ3v) is 4.13. The highest BCUT2D eigenvalue weighted by Gasteiger charge is 2.23. The number of hydrogen-bond donors (Lipinski definition) is 4. The highest BCUT2D eigenvalue weighted by molar-refractivity contribution is 6.04. The minimum absolute atomic E-state index is 0.0499. The highest BCUT2D eigenvalue weighted by atomic mass is 16.3. The second kappa shape index (κ2) is 5.70. The predicted molar refractivity (Wildman–Crippen MR) is 88.8 cm³/mol. The number of phenolic OH excluding ortho intramolecular Hbond substituents is 1. The van der Waals surface area contributed by atoms with E-state index in [-0.39, 0.29) is 17.1 Å². The highest BCUT2D eigenvalue weighted by Crippen LogP contribution is 2.31. The zero-order valence-electron chi connectivity index (χ0n) is 13.7. The van der Waals surface area contributed by atoms with Gasteiger partial charge in [0.1, 0.15) is 5.75 Å². The van der Waals surface area contributed by atoms with Crippen LogP contribution in [0.3, 0.4) is 0 Å². The third kappa shape index (κ3) is 3.07. The van der Waals surface area contributed by atoms with E-state index < -0.39 is 0 Å². The number of carbonyl (C=O) groups excluding carboxylic acids is 1. The fourth-order valence-corrected chi connectivity index (χ4v) is 2.70. The number of benzene rings is 1. The number of nitrogens with zero attached hydrogens (tertiary/aromatic N) is 1. The maximum Gasteiger partial charge on any atom is 0.276 e. The molecule has 2 aromatic rings. The number of aromatic nitrogens is 2. The molecule has 0 radical (unpaired) electrons. The van der Waals surface area contributed by atoms with Crippen LogP contribution in [0.4, 0.5) is 5.69 Å². The van der Waals surface area contributed by atoms with Gasteiger partial charge in [-0.05, 0) is 23.1 Å². The van der Waals surface area contributed by atoms with Crippen LogP contribution in [0.1, 0.15) is 48.1 Å². The molecular weight excluding hydrogens is 292 g/mol. The summed E-state index contributed by atoms with van der Waals surface area (Å²) in [4.78, 5) is 12.5. The van der Waals surface area contributed by atoms with Crippen molar-refractivity contribution in [2.24, 2.45) is 0 Å². The third-order valence-electron chi connectivity index (χ3n) is 4.13. The van der Waals surface area contributed by atoms with Gasteiger partial charge in [-0.1, -0.05) is 26.8 Å². The van der Waals surface area contributed by atoms with Crippen LogP contribution >= 0.6 is 0 Å². The van der Waals surface area contributed by atoms with Gasteiger partial charge < -0.3 is 15.7 Å². The van der Waals surface area contributed by atoms with Crippen molar-refractivity contribution in [3.63, 3.8) is 0 Å². The molecule has 0 fully saturated rings. The van der Waals surface area contributed by atoms with Gasteiger partial charge in [0.2, 0.25) is 0 Å². The lowest BCUT2D eigenvalue weighted by molar-refractivity contribution is 0.102. The molecule has 1 aliphatic rings. The lowest BCUT2D eigenvalue weighted by atomic mass is 9.87. The van der Waals surface area contributed by atoms with Gasteiger partial charge in [0, 0.05) is 30.8 Å². The smallest absolute Gasteiger partial charge is 0.276 e. The number of amides is 1. The number of aromatic hydroxyl groups is 1. The van der Waals surface area contributed by atoms with Crippen molar-refractivity contribution in [3.8, 4) is 5.75 Å². The molecule has 1 aromatic heterocycles.